The third-order valence-corrected chi connectivity index (χ3v) is 5.21. The number of aliphatic imine (C=N–C) groups is 1. The summed E-state index contributed by atoms with van der Waals surface area (Å²) in [6, 6.07) is 9.92. The van der Waals surface area contributed by atoms with E-state index in [9.17, 15) is 4.79 Å². The topological polar surface area (TPSA) is 77.0 Å². The highest BCUT2D eigenvalue weighted by molar-refractivity contribution is 5.98. The number of nitrogens with one attached hydrogen (secondary N) is 1. The Bertz CT molecular complexity index is 847. The minimum absolute atomic E-state index is 0.0717. The molecule has 0 radical (unpaired) electrons. The van der Waals surface area contributed by atoms with Gasteiger partial charge < -0.3 is 20.0 Å². The van der Waals surface area contributed by atoms with E-state index in [1.807, 2.05) is 29.2 Å². The van der Waals surface area contributed by atoms with Crippen molar-refractivity contribution >= 4 is 23.5 Å². The van der Waals surface area contributed by atoms with E-state index in [2.05, 4.69) is 36.1 Å². The molecule has 0 spiro atoms. The lowest BCUT2D eigenvalue weighted by molar-refractivity contribution is -0.117. The molecule has 1 fully saturated rings. The van der Waals surface area contributed by atoms with Crippen molar-refractivity contribution in [3.63, 3.8) is 0 Å². The molecule has 146 valence electrons. The van der Waals surface area contributed by atoms with Crippen LogP contribution in [0.2, 0.25) is 0 Å². The number of carbonyl (C=O) groups is 1. The largest absolute Gasteiger partial charge is 0.347 e. The number of benzene rings is 1. The number of carbonyl (C=O) groups excluding carboxylic acids is 1. The molecule has 1 N–H and O–H groups in total. The summed E-state index contributed by atoms with van der Waals surface area (Å²) in [6.45, 7) is 4.23. The molecule has 0 saturated carbocycles. The molecule has 0 unspecified atom stereocenters. The average Bonchev–Trinajstić information content (AvgIpc) is 3.19. The Labute approximate surface area is 164 Å². The second-order valence-electron chi connectivity index (χ2n) is 6.85. The molecule has 8 nitrogen and oxygen atoms in total. The third-order valence-electron chi connectivity index (χ3n) is 5.21. The maximum absolute atomic E-state index is 12.7. The van der Waals surface area contributed by atoms with Gasteiger partial charge in [-0.1, -0.05) is 18.2 Å². The van der Waals surface area contributed by atoms with Crippen LogP contribution in [0, 0.1) is 0 Å². The second-order valence-corrected chi connectivity index (χ2v) is 6.85. The first-order valence-corrected chi connectivity index (χ1v) is 9.62. The van der Waals surface area contributed by atoms with Crippen LogP contribution in [0.25, 0.3) is 0 Å². The number of hydrogen-bond donors (Lipinski definition) is 1. The van der Waals surface area contributed by atoms with Crippen LogP contribution in [0.15, 0.2) is 47.7 Å². The van der Waals surface area contributed by atoms with Gasteiger partial charge in [0.15, 0.2) is 5.96 Å². The molecule has 1 aromatic carbocycles. The number of nitrogens with zero attached hydrogens (tertiary/aromatic N) is 6. The first-order chi connectivity index (χ1) is 13.8. The van der Waals surface area contributed by atoms with Crippen LogP contribution < -0.4 is 15.1 Å². The van der Waals surface area contributed by atoms with Crippen molar-refractivity contribution in [2.45, 2.75) is 6.42 Å². The third kappa shape index (κ3) is 3.76. The summed E-state index contributed by atoms with van der Waals surface area (Å²) in [6.07, 6.45) is 4.44. The van der Waals surface area contributed by atoms with Gasteiger partial charge in [0, 0.05) is 57.9 Å². The Kier molecular flexibility index (Phi) is 5.36. The zero-order chi connectivity index (χ0) is 19.3. The molecule has 1 amide bonds. The predicted molar refractivity (Wildman–Crippen MR) is 110 cm³/mol. The van der Waals surface area contributed by atoms with Gasteiger partial charge in [-0.15, -0.1) is 0 Å². The van der Waals surface area contributed by atoms with Crippen molar-refractivity contribution in [1.82, 2.24) is 20.2 Å². The quantitative estimate of drug-likeness (QED) is 0.627. The van der Waals surface area contributed by atoms with E-state index in [4.69, 9.17) is 0 Å². The van der Waals surface area contributed by atoms with E-state index in [0.717, 1.165) is 56.7 Å². The van der Waals surface area contributed by atoms with Gasteiger partial charge in [0.05, 0.1) is 6.54 Å². The standard InChI is InChI=1S/C20H25N7O/c1-21-19(25-11-13-26(14-12-25)20-22-8-4-9-23-20)24-15-18(28)27-10-7-16-5-2-3-6-17(16)27/h2-6,8-9H,7,10-15H2,1H3,(H,21,24). The first-order valence-electron chi connectivity index (χ1n) is 9.62. The minimum atomic E-state index is 0.0717. The van der Waals surface area contributed by atoms with Crippen LogP contribution >= 0.6 is 0 Å². The summed E-state index contributed by atoms with van der Waals surface area (Å²) >= 11 is 0. The highest BCUT2D eigenvalue weighted by Gasteiger charge is 2.25. The smallest absolute Gasteiger partial charge is 0.246 e. The average molecular weight is 379 g/mol. The van der Waals surface area contributed by atoms with Gasteiger partial charge in [0.2, 0.25) is 11.9 Å². The van der Waals surface area contributed by atoms with Crippen molar-refractivity contribution in [3.05, 3.63) is 48.3 Å². The van der Waals surface area contributed by atoms with E-state index < -0.39 is 0 Å². The fraction of sp³-hybridized carbons (Fsp3) is 0.400. The van der Waals surface area contributed by atoms with Crippen LogP contribution in [0.3, 0.4) is 0 Å². The molecular weight excluding hydrogens is 354 g/mol. The predicted octanol–water partition coefficient (Wildman–Crippen LogP) is 0.763. The lowest BCUT2D eigenvalue weighted by Gasteiger charge is -2.36. The van der Waals surface area contributed by atoms with E-state index in [1.165, 1.54) is 5.56 Å². The Morgan fingerprint density at radius 2 is 1.82 bits per heavy atom. The van der Waals surface area contributed by atoms with Gasteiger partial charge in [-0.05, 0) is 24.1 Å². The van der Waals surface area contributed by atoms with E-state index >= 15 is 0 Å². The Morgan fingerprint density at radius 1 is 1.07 bits per heavy atom. The Morgan fingerprint density at radius 3 is 2.57 bits per heavy atom. The molecule has 4 rings (SSSR count). The van der Waals surface area contributed by atoms with E-state index in [1.54, 1.807) is 19.4 Å². The summed E-state index contributed by atoms with van der Waals surface area (Å²) in [5, 5.41) is 3.24. The Hall–Kier alpha value is -3.16. The number of guanidine groups is 1. The number of anilines is 2. The molecule has 2 aliphatic rings. The highest BCUT2D eigenvalue weighted by atomic mass is 16.2. The van der Waals surface area contributed by atoms with Gasteiger partial charge in [-0.3, -0.25) is 9.79 Å². The summed E-state index contributed by atoms with van der Waals surface area (Å²) in [7, 11) is 1.75. The highest BCUT2D eigenvalue weighted by Crippen LogP contribution is 2.27. The molecule has 0 bridgehead atoms. The number of fused-ring (bicyclic) bond motifs is 1. The molecule has 1 aromatic heterocycles. The molecule has 8 heteroatoms. The van der Waals surface area contributed by atoms with Gasteiger partial charge in [-0.25, -0.2) is 9.97 Å². The van der Waals surface area contributed by atoms with Gasteiger partial charge >= 0.3 is 0 Å². The molecule has 0 aliphatic carbocycles. The number of hydrogen-bond acceptors (Lipinski definition) is 5. The number of piperazine rings is 1. The van der Waals surface area contributed by atoms with Crippen LogP contribution in [-0.2, 0) is 11.2 Å². The Balaban J connectivity index is 1.31. The zero-order valence-electron chi connectivity index (χ0n) is 16.1. The second kappa shape index (κ2) is 8.24. The molecule has 28 heavy (non-hydrogen) atoms. The zero-order valence-corrected chi connectivity index (χ0v) is 16.1. The SMILES string of the molecule is CN=C(NCC(=O)N1CCc2ccccc21)N1CCN(c2ncccn2)CC1. The van der Waals surface area contributed by atoms with Gasteiger partial charge in [0.25, 0.3) is 0 Å². The van der Waals surface area contributed by atoms with Crippen molar-refractivity contribution in [1.29, 1.82) is 0 Å². The maximum Gasteiger partial charge on any atom is 0.246 e. The van der Waals surface area contributed by atoms with Crippen LogP contribution in [0.5, 0.6) is 0 Å². The monoisotopic (exact) mass is 379 g/mol. The van der Waals surface area contributed by atoms with Crippen molar-refractivity contribution < 1.29 is 4.79 Å². The van der Waals surface area contributed by atoms with E-state index in [0.29, 0.717) is 0 Å². The van der Waals surface area contributed by atoms with Crippen LogP contribution in [0.4, 0.5) is 11.6 Å². The van der Waals surface area contributed by atoms with Crippen LogP contribution in [0.1, 0.15) is 5.56 Å². The molecule has 0 atom stereocenters. The van der Waals surface area contributed by atoms with Crippen molar-refractivity contribution in [2.75, 3.05) is 56.1 Å². The normalized spacial score (nSPS) is 16.9. The first kappa shape index (κ1) is 18.2. The maximum atomic E-state index is 12.7. The molecule has 3 heterocycles. The fourth-order valence-corrected chi connectivity index (χ4v) is 3.75. The number of rotatable bonds is 3. The molecular formula is C20H25N7O. The molecule has 1 saturated heterocycles. The van der Waals surface area contributed by atoms with Crippen molar-refractivity contribution in [2.24, 2.45) is 4.99 Å². The van der Waals surface area contributed by atoms with Crippen molar-refractivity contribution in [3.8, 4) is 0 Å². The lowest BCUT2D eigenvalue weighted by Crippen LogP contribution is -2.54. The number of para-hydroxylation sites is 1. The summed E-state index contributed by atoms with van der Waals surface area (Å²) in [5.74, 6) is 1.59. The molecule has 2 aromatic rings. The molecule has 2 aliphatic heterocycles. The summed E-state index contributed by atoms with van der Waals surface area (Å²) in [5.41, 5.74) is 2.26. The van der Waals surface area contributed by atoms with Gasteiger partial charge in [0.1, 0.15) is 0 Å². The van der Waals surface area contributed by atoms with Crippen LogP contribution in [-0.4, -0.2) is 73.1 Å². The number of amides is 1. The fourth-order valence-electron chi connectivity index (χ4n) is 3.75. The van der Waals surface area contributed by atoms with Gasteiger partial charge in [-0.2, -0.15) is 0 Å². The number of aromatic nitrogens is 2. The van der Waals surface area contributed by atoms with E-state index in [-0.39, 0.29) is 12.5 Å². The summed E-state index contributed by atoms with van der Waals surface area (Å²) in [4.78, 5) is 31.9. The lowest BCUT2D eigenvalue weighted by atomic mass is 10.2. The summed E-state index contributed by atoms with van der Waals surface area (Å²) < 4.78 is 0. The minimum Gasteiger partial charge on any atom is -0.347 e.